The number of ether oxygens (including phenoxy) is 1. The molecule has 1 aromatic rings. The molecule has 0 N–H and O–H groups in total. The van der Waals surface area contributed by atoms with Crippen molar-refractivity contribution in [2.75, 3.05) is 27.2 Å². The van der Waals surface area contributed by atoms with Crippen molar-refractivity contribution in [3.05, 3.63) is 29.8 Å². The third-order valence-electron chi connectivity index (χ3n) is 5.44. The molecular weight excluding hydrogens is 288 g/mol. The van der Waals surface area contributed by atoms with Gasteiger partial charge in [0, 0.05) is 25.0 Å². The van der Waals surface area contributed by atoms with E-state index in [-0.39, 0.29) is 0 Å². The fourth-order valence-electron chi connectivity index (χ4n) is 4.22. The minimum absolute atomic E-state index is 0.304. The van der Waals surface area contributed by atoms with Gasteiger partial charge >= 0.3 is 0 Å². The van der Waals surface area contributed by atoms with E-state index in [1.54, 1.807) is 7.11 Å². The van der Waals surface area contributed by atoms with Gasteiger partial charge in [-0.15, -0.1) is 0 Å². The fourth-order valence-corrected chi connectivity index (χ4v) is 4.22. The quantitative estimate of drug-likeness (QED) is 0.837. The number of nitrogens with zero attached hydrogens (tertiary/aromatic N) is 2. The van der Waals surface area contributed by atoms with Crippen molar-refractivity contribution >= 4 is 5.91 Å². The van der Waals surface area contributed by atoms with Gasteiger partial charge in [0.15, 0.2) is 0 Å². The Hall–Kier alpha value is -1.55. The maximum Gasteiger partial charge on any atom is 0.223 e. The first-order valence-corrected chi connectivity index (χ1v) is 8.82. The number of carbonyl (C=O) groups is 1. The SMILES string of the molecule is COc1ccccc1CCC(=O)N1CCC[C@@H]1[C@@H]1CCCN1C. The summed E-state index contributed by atoms with van der Waals surface area (Å²) in [4.78, 5) is 17.4. The van der Waals surface area contributed by atoms with Crippen LogP contribution in [0.4, 0.5) is 0 Å². The Morgan fingerprint density at radius 1 is 1.17 bits per heavy atom. The summed E-state index contributed by atoms with van der Waals surface area (Å²) in [6.45, 7) is 2.10. The number of benzene rings is 1. The lowest BCUT2D eigenvalue weighted by Gasteiger charge is -2.33. The van der Waals surface area contributed by atoms with Gasteiger partial charge in [-0.2, -0.15) is 0 Å². The van der Waals surface area contributed by atoms with Crippen molar-refractivity contribution in [2.45, 2.75) is 50.6 Å². The Morgan fingerprint density at radius 3 is 2.65 bits per heavy atom. The molecule has 0 aromatic heterocycles. The molecule has 0 unspecified atom stereocenters. The molecule has 2 atom stereocenters. The standard InChI is InChI=1S/C19H28N2O2/c1-20-13-5-8-16(20)17-9-6-14-21(17)19(22)12-11-15-7-3-4-10-18(15)23-2/h3-4,7,10,16-17H,5-6,8-9,11-14H2,1-2H3/t16-,17+/m0/s1. The van der Waals surface area contributed by atoms with Crippen molar-refractivity contribution in [2.24, 2.45) is 0 Å². The predicted octanol–water partition coefficient (Wildman–Crippen LogP) is 2.71. The van der Waals surface area contributed by atoms with Crippen LogP contribution in [-0.4, -0.2) is 55.0 Å². The van der Waals surface area contributed by atoms with Crippen LogP contribution in [0.25, 0.3) is 0 Å². The van der Waals surface area contributed by atoms with Gasteiger partial charge in [0.05, 0.1) is 7.11 Å². The van der Waals surface area contributed by atoms with Gasteiger partial charge in [-0.1, -0.05) is 18.2 Å². The zero-order valence-corrected chi connectivity index (χ0v) is 14.3. The second-order valence-electron chi connectivity index (χ2n) is 6.80. The smallest absolute Gasteiger partial charge is 0.223 e. The molecule has 4 heteroatoms. The Labute approximate surface area is 139 Å². The maximum absolute atomic E-state index is 12.8. The molecule has 0 bridgehead atoms. The van der Waals surface area contributed by atoms with Crippen molar-refractivity contribution < 1.29 is 9.53 Å². The number of methoxy groups -OCH3 is 1. The van der Waals surface area contributed by atoms with Gasteiger partial charge in [0.2, 0.25) is 5.91 Å². The van der Waals surface area contributed by atoms with Crippen LogP contribution in [0.15, 0.2) is 24.3 Å². The molecule has 0 radical (unpaired) electrons. The van der Waals surface area contributed by atoms with Crippen LogP contribution >= 0.6 is 0 Å². The second kappa shape index (κ2) is 7.35. The number of carbonyl (C=O) groups excluding carboxylic acids is 1. The number of amides is 1. The van der Waals surface area contributed by atoms with Crippen LogP contribution < -0.4 is 4.74 Å². The van der Waals surface area contributed by atoms with E-state index in [0.717, 1.165) is 37.1 Å². The summed E-state index contributed by atoms with van der Waals surface area (Å²) in [5, 5.41) is 0. The Kier molecular flexibility index (Phi) is 5.21. The van der Waals surface area contributed by atoms with E-state index in [4.69, 9.17) is 4.74 Å². The molecule has 126 valence electrons. The molecule has 3 rings (SSSR count). The molecule has 2 heterocycles. The van der Waals surface area contributed by atoms with Crippen LogP contribution in [0.3, 0.4) is 0 Å². The van der Waals surface area contributed by atoms with Crippen molar-refractivity contribution in [3.8, 4) is 5.75 Å². The lowest BCUT2D eigenvalue weighted by Crippen LogP contribution is -2.47. The number of para-hydroxylation sites is 1. The highest BCUT2D eigenvalue weighted by Crippen LogP contribution is 2.30. The van der Waals surface area contributed by atoms with Crippen LogP contribution in [0.1, 0.15) is 37.7 Å². The van der Waals surface area contributed by atoms with Gasteiger partial charge in [0.1, 0.15) is 5.75 Å². The number of hydrogen-bond acceptors (Lipinski definition) is 3. The van der Waals surface area contributed by atoms with E-state index in [2.05, 4.69) is 22.9 Å². The highest BCUT2D eigenvalue weighted by molar-refractivity contribution is 5.77. The van der Waals surface area contributed by atoms with Crippen molar-refractivity contribution in [1.29, 1.82) is 0 Å². The third kappa shape index (κ3) is 3.52. The van der Waals surface area contributed by atoms with Crippen molar-refractivity contribution in [3.63, 3.8) is 0 Å². The van der Waals surface area contributed by atoms with Gasteiger partial charge in [-0.3, -0.25) is 4.79 Å². The van der Waals surface area contributed by atoms with E-state index in [9.17, 15) is 4.79 Å². The number of likely N-dealkylation sites (tertiary alicyclic amines) is 2. The maximum atomic E-state index is 12.8. The van der Waals surface area contributed by atoms with E-state index in [1.807, 2.05) is 18.2 Å². The average Bonchev–Trinajstić information content (AvgIpc) is 3.21. The summed E-state index contributed by atoms with van der Waals surface area (Å²) in [6, 6.07) is 8.98. The summed E-state index contributed by atoms with van der Waals surface area (Å²) < 4.78 is 5.39. The first-order valence-electron chi connectivity index (χ1n) is 8.82. The molecule has 0 spiro atoms. The van der Waals surface area contributed by atoms with E-state index >= 15 is 0 Å². The molecule has 1 amide bonds. The van der Waals surface area contributed by atoms with E-state index in [1.165, 1.54) is 19.4 Å². The van der Waals surface area contributed by atoms with Gasteiger partial charge in [-0.05, 0) is 57.3 Å². The number of likely N-dealkylation sites (N-methyl/N-ethyl adjacent to an activating group) is 1. The second-order valence-corrected chi connectivity index (χ2v) is 6.80. The fraction of sp³-hybridized carbons (Fsp3) is 0.632. The number of aryl methyl sites for hydroxylation is 1. The van der Waals surface area contributed by atoms with Crippen LogP contribution in [0.5, 0.6) is 5.75 Å². The normalized spacial score (nSPS) is 25.0. The largest absolute Gasteiger partial charge is 0.496 e. The molecule has 4 nitrogen and oxygen atoms in total. The molecule has 2 aliphatic rings. The number of rotatable bonds is 5. The third-order valence-corrected chi connectivity index (χ3v) is 5.44. The summed E-state index contributed by atoms with van der Waals surface area (Å²) >= 11 is 0. The Morgan fingerprint density at radius 2 is 1.91 bits per heavy atom. The molecule has 1 aromatic carbocycles. The first-order chi connectivity index (χ1) is 11.2. The first kappa shape index (κ1) is 16.3. The van der Waals surface area contributed by atoms with E-state index < -0.39 is 0 Å². The summed E-state index contributed by atoms with van der Waals surface area (Å²) in [5.74, 6) is 1.19. The minimum atomic E-state index is 0.304. The molecule has 0 aliphatic carbocycles. The van der Waals surface area contributed by atoms with E-state index in [0.29, 0.717) is 24.4 Å². The zero-order chi connectivity index (χ0) is 16.2. The lowest BCUT2D eigenvalue weighted by atomic mass is 10.0. The van der Waals surface area contributed by atoms with Gasteiger partial charge in [-0.25, -0.2) is 0 Å². The zero-order valence-electron chi connectivity index (χ0n) is 14.3. The van der Waals surface area contributed by atoms with Crippen molar-refractivity contribution in [1.82, 2.24) is 9.80 Å². The van der Waals surface area contributed by atoms with Gasteiger partial charge < -0.3 is 14.5 Å². The summed E-state index contributed by atoms with van der Waals surface area (Å²) in [5.41, 5.74) is 1.12. The molecule has 2 aliphatic heterocycles. The monoisotopic (exact) mass is 316 g/mol. The lowest BCUT2D eigenvalue weighted by molar-refractivity contribution is -0.132. The summed E-state index contributed by atoms with van der Waals surface area (Å²) in [6.07, 6.45) is 6.14. The highest BCUT2D eigenvalue weighted by atomic mass is 16.5. The molecule has 2 fully saturated rings. The summed E-state index contributed by atoms with van der Waals surface area (Å²) in [7, 11) is 3.89. The molecule has 23 heavy (non-hydrogen) atoms. The van der Waals surface area contributed by atoms with Crippen LogP contribution in [-0.2, 0) is 11.2 Å². The molecular formula is C19H28N2O2. The topological polar surface area (TPSA) is 32.8 Å². The van der Waals surface area contributed by atoms with Crippen LogP contribution in [0.2, 0.25) is 0 Å². The Bertz CT molecular complexity index is 546. The average molecular weight is 316 g/mol. The Balaban J connectivity index is 1.61. The molecule has 0 saturated carbocycles. The van der Waals surface area contributed by atoms with Crippen LogP contribution in [0, 0.1) is 0 Å². The number of hydrogen-bond donors (Lipinski definition) is 0. The molecule has 2 saturated heterocycles. The minimum Gasteiger partial charge on any atom is -0.496 e. The highest BCUT2D eigenvalue weighted by Gasteiger charge is 2.38. The predicted molar refractivity (Wildman–Crippen MR) is 91.7 cm³/mol. The van der Waals surface area contributed by atoms with Gasteiger partial charge in [0.25, 0.3) is 0 Å².